The normalized spacial score (nSPS) is 14.6. The minimum absolute atomic E-state index is 0.107. The van der Waals surface area contributed by atoms with Crippen LogP contribution >= 0.6 is 0 Å². The maximum atomic E-state index is 14.8. The topological polar surface area (TPSA) is 272 Å². The van der Waals surface area contributed by atoms with Crippen LogP contribution in [0.2, 0.25) is 0 Å². The number of hydrogen-bond acceptors (Lipinski definition) is 15. The number of nitrogens with zero attached hydrogens (tertiary/aromatic N) is 1. The fraction of sp³-hybridized carbons (Fsp3) is 0.900. The van der Waals surface area contributed by atoms with Crippen molar-refractivity contribution < 1.29 is 84.4 Å². The third-order valence-electron chi connectivity index (χ3n) is 12.1. The third kappa shape index (κ3) is 33.4. The smallest absolute Gasteiger partial charge is 0.309 e. The fourth-order valence-electron chi connectivity index (χ4n) is 7.98. The number of amides is 2. The van der Waals surface area contributed by atoms with E-state index in [2.05, 4.69) is 26.3 Å². The van der Waals surface area contributed by atoms with Crippen molar-refractivity contribution in [2.24, 2.45) is 35.3 Å². The molecule has 0 heterocycles. The summed E-state index contributed by atoms with van der Waals surface area (Å²) in [6.45, 7) is 18.9. The standard InChI is InChI=1S/C50H95N3O17S/c1-12-18-19-20-21-22-23-53(10,11)24-25-67-48(58)37(7)26-39(46(55)52-50(8,9)36-71(60,61)62)28-41(29-40(47(56)57)27-38(13-2)45(51)54)49(59)70-44(34-68-42(30-63-14-3)31-64-15-4)35-69-43(32-65-16-5)33-66-17-6/h37-44H,12-36H2,1-11H3,(H4-,51,52,54,55,56,57,60,61,62)/p+1. The van der Waals surface area contributed by atoms with E-state index in [4.69, 9.17) is 43.6 Å². The molecule has 0 aromatic heterocycles. The van der Waals surface area contributed by atoms with Crippen molar-refractivity contribution in [1.82, 2.24) is 5.32 Å². The van der Waals surface area contributed by atoms with Crippen molar-refractivity contribution in [2.45, 2.75) is 157 Å². The Morgan fingerprint density at radius 2 is 1.11 bits per heavy atom. The second-order valence-electron chi connectivity index (χ2n) is 19.8. The lowest BCUT2D eigenvalue weighted by atomic mass is 9.80. The molecule has 0 saturated carbocycles. The van der Waals surface area contributed by atoms with Crippen molar-refractivity contribution in [3.05, 3.63) is 0 Å². The van der Waals surface area contributed by atoms with E-state index in [1.165, 1.54) is 39.5 Å². The number of hydrogen-bond donors (Lipinski definition) is 4. The summed E-state index contributed by atoms with van der Waals surface area (Å²) < 4.78 is 81.1. The molecule has 0 bridgehead atoms. The molecule has 0 aromatic carbocycles. The molecule has 20 nitrogen and oxygen atoms in total. The van der Waals surface area contributed by atoms with Gasteiger partial charge in [0.15, 0.2) is 0 Å². The Kier molecular flexibility index (Phi) is 36.1. The molecule has 0 aliphatic rings. The van der Waals surface area contributed by atoms with Gasteiger partial charge in [0.1, 0.15) is 31.5 Å². The van der Waals surface area contributed by atoms with Gasteiger partial charge in [-0.2, -0.15) is 8.42 Å². The van der Waals surface area contributed by atoms with Crippen LogP contribution in [0, 0.1) is 29.6 Å². The molecular weight excluding hydrogens is 947 g/mol. The van der Waals surface area contributed by atoms with Crippen LogP contribution in [0.5, 0.6) is 0 Å². The molecule has 0 aromatic rings. The van der Waals surface area contributed by atoms with E-state index >= 15 is 0 Å². The van der Waals surface area contributed by atoms with E-state index in [0.29, 0.717) is 37.5 Å². The number of unbranched alkanes of at least 4 members (excludes halogenated alkanes) is 5. The first-order valence-corrected chi connectivity index (χ1v) is 27.5. The Labute approximate surface area is 426 Å². The largest absolute Gasteiger partial charge is 0.481 e. The minimum Gasteiger partial charge on any atom is -0.481 e. The molecule has 5 atom stereocenters. The monoisotopic (exact) mass is 1040 g/mol. The summed E-state index contributed by atoms with van der Waals surface area (Å²) in [7, 11) is -0.455. The van der Waals surface area contributed by atoms with Gasteiger partial charge in [-0.05, 0) is 86.5 Å². The fourth-order valence-corrected chi connectivity index (χ4v) is 8.96. The molecule has 21 heteroatoms. The quantitative estimate of drug-likeness (QED) is 0.0263. The number of nitrogens with two attached hydrogens (primary N) is 1. The van der Waals surface area contributed by atoms with Crippen LogP contribution < -0.4 is 11.1 Å². The van der Waals surface area contributed by atoms with Crippen molar-refractivity contribution in [2.75, 3.05) is 106 Å². The van der Waals surface area contributed by atoms with E-state index in [9.17, 15) is 42.0 Å². The van der Waals surface area contributed by atoms with Gasteiger partial charge in [-0.3, -0.25) is 28.5 Å². The number of nitrogens with one attached hydrogen (secondary N) is 1. The van der Waals surface area contributed by atoms with Gasteiger partial charge in [-0.1, -0.05) is 46.5 Å². The van der Waals surface area contributed by atoms with Gasteiger partial charge < -0.3 is 58.5 Å². The summed E-state index contributed by atoms with van der Waals surface area (Å²) in [6.07, 6.45) is 3.65. The van der Waals surface area contributed by atoms with Gasteiger partial charge in [0.2, 0.25) is 11.8 Å². The Hall–Kier alpha value is -3.02. The molecule has 2 amide bonds. The van der Waals surface area contributed by atoms with E-state index in [-0.39, 0.29) is 71.9 Å². The Morgan fingerprint density at radius 1 is 0.634 bits per heavy atom. The lowest BCUT2D eigenvalue weighted by molar-refractivity contribution is -0.890. The van der Waals surface area contributed by atoms with Crippen LogP contribution in [0.25, 0.3) is 0 Å². The Morgan fingerprint density at radius 3 is 1.56 bits per heavy atom. The summed E-state index contributed by atoms with van der Waals surface area (Å²) >= 11 is 0. The number of rotatable bonds is 46. The van der Waals surface area contributed by atoms with Crippen LogP contribution in [0.3, 0.4) is 0 Å². The molecule has 5 unspecified atom stereocenters. The number of ether oxygens (including phenoxy) is 8. The van der Waals surface area contributed by atoms with E-state index in [1.54, 1.807) is 13.8 Å². The van der Waals surface area contributed by atoms with Crippen LogP contribution in [0.15, 0.2) is 0 Å². The second-order valence-corrected chi connectivity index (χ2v) is 21.3. The zero-order valence-corrected chi connectivity index (χ0v) is 46.1. The molecule has 0 saturated heterocycles. The van der Waals surface area contributed by atoms with Crippen LogP contribution in [0.1, 0.15) is 133 Å². The van der Waals surface area contributed by atoms with Gasteiger partial charge in [0.25, 0.3) is 10.1 Å². The molecule has 418 valence electrons. The molecule has 0 radical (unpaired) electrons. The summed E-state index contributed by atoms with van der Waals surface area (Å²) in [5.41, 5.74) is 4.12. The van der Waals surface area contributed by atoms with Crippen molar-refractivity contribution >= 4 is 39.8 Å². The predicted octanol–water partition coefficient (Wildman–Crippen LogP) is 5.22. The predicted molar refractivity (Wildman–Crippen MR) is 269 cm³/mol. The number of primary amides is 1. The van der Waals surface area contributed by atoms with Gasteiger partial charge >= 0.3 is 17.9 Å². The van der Waals surface area contributed by atoms with Crippen LogP contribution in [-0.4, -0.2) is 182 Å². The van der Waals surface area contributed by atoms with Crippen molar-refractivity contribution in [3.63, 3.8) is 0 Å². The third-order valence-corrected chi connectivity index (χ3v) is 13.2. The molecule has 0 aliphatic heterocycles. The number of esters is 2. The lowest BCUT2D eigenvalue weighted by Gasteiger charge is -2.31. The highest BCUT2D eigenvalue weighted by Gasteiger charge is 2.39. The van der Waals surface area contributed by atoms with Gasteiger partial charge in [-0.15, -0.1) is 0 Å². The zero-order chi connectivity index (χ0) is 54.0. The first kappa shape index (κ1) is 68.0. The molecule has 71 heavy (non-hydrogen) atoms. The number of likely N-dealkylation sites (N-methyl/N-ethyl adjacent to an activating group) is 1. The summed E-state index contributed by atoms with van der Waals surface area (Å²) in [5, 5.41) is 13.2. The number of carboxylic acid groups (broad SMARTS) is 1. The highest BCUT2D eigenvalue weighted by atomic mass is 32.2. The van der Waals surface area contributed by atoms with Crippen molar-refractivity contribution in [1.29, 1.82) is 0 Å². The van der Waals surface area contributed by atoms with Crippen LogP contribution in [-0.2, 0) is 72.0 Å². The van der Waals surface area contributed by atoms with Gasteiger partial charge in [0.05, 0.1) is 89.3 Å². The highest BCUT2D eigenvalue weighted by Crippen LogP contribution is 2.31. The van der Waals surface area contributed by atoms with E-state index < -0.39 is 105 Å². The average Bonchev–Trinajstić information content (AvgIpc) is 3.28. The molecule has 0 rings (SSSR count). The van der Waals surface area contributed by atoms with E-state index in [1.807, 2.05) is 27.7 Å². The number of carbonyl (C=O) groups excluding carboxylic acids is 4. The first-order chi connectivity index (χ1) is 33.4. The summed E-state index contributed by atoms with van der Waals surface area (Å²) in [4.78, 5) is 68.1. The number of carbonyl (C=O) groups is 5. The SMILES string of the molecule is CCCCCCCC[N+](C)(C)CCOC(=O)C(C)CC(CC(CC(CC(CC)C(N)=O)C(=O)O)C(=O)OC(COC(COCC)COCC)COC(COCC)COCC)C(=O)NC(C)(C)CS(=O)(=O)O. The molecule has 0 spiro atoms. The molecule has 0 aliphatic carbocycles. The maximum absolute atomic E-state index is 14.8. The molecule has 0 fully saturated rings. The molecule has 5 N–H and O–H groups in total. The van der Waals surface area contributed by atoms with E-state index in [0.717, 1.165) is 19.4 Å². The molecular formula is C50H96N3O17S+. The maximum Gasteiger partial charge on any atom is 0.309 e. The van der Waals surface area contributed by atoms with Gasteiger partial charge in [0, 0.05) is 38.3 Å². The Bertz CT molecular complexity index is 1560. The zero-order valence-electron chi connectivity index (χ0n) is 45.2. The minimum atomic E-state index is -4.59. The second kappa shape index (κ2) is 37.7. The number of carboxylic acids is 1. The average molecular weight is 1040 g/mol. The summed E-state index contributed by atoms with van der Waals surface area (Å²) in [5.74, 6) is -10.9. The first-order valence-electron chi connectivity index (χ1n) is 25.9. The van der Waals surface area contributed by atoms with Gasteiger partial charge in [-0.25, -0.2) is 0 Å². The van der Waals surface area contributed by atoms with Crippen LogP contribution in [0.4, 0.5) is 0 Å². The number of quaternary nitrogens is 1. The summed E-state index contributed by atoms with van der Waals surface area (Å²) in [6, 6.07) is 0. The highest BCUT2D eigenvalue weighted by molar-refractivity contribution is 7.85. The number of aliphatic carboxylic acids is 1. The Balaban J connectivity index is 7.18. The van der Waals surface area contributed by atoms with Crippen molar-refractivity contribution in [3.8, 4) is 0 Å². The lowest BCUT2D eigenvalue weighted by Crippen LogP contribution is -2.51.